The van der Waals surface area contributed by atoms with Crippen LogP contribution in [0.3, 0.4) is 0 Å². The molecule has 2 aliphatic rings. The van der Waals surface area contributed by atoms with Gasteiger partial charge in [0.2, 0.25) is 5.43 Å². The molecule has 0 spiro atoms. The number of hydrogen-bond acceptors (Lipinski definition) is 6. The second kappa shape index (κ2) is 11.1. The quantitative estimate of drug-likeness (QED) is 0.522. The van der Waals surface area contributed by atoms with Gasteiger partial charge in [-0.2, -0.15) is 0 Å². The van der Waals surface area contributed by atoms with E-state index in [0.717, 1.165) is 29.5 Å². The summed E-state index contributed by atoms with van der Waals surface area (Å²) in [5.41, 5.74) is 5.86. The van der Waals surface area contributed by atoms with Crippen molar-refractivity contribution in [2.75, 3.05) is 37.6 Å². The summed E-state index contributed by atoms with van der Waals surface area (Å²) in [5.74, 6) is -1.77. The average Bonchev–Trinajstić information content (AvgIpc) is 3.66. The van der Waals surface area contributed by atoms with E-state index in [1.165, 1.54) is 6.20 Å². The van der Waals surface area contributed by atoms with E-state index in [9.17, 15) is 19.1 Å². The molecule has 0 atom stereocenters. The Bertz CT molecular complexity index is 1100. The molecule has 4 N–H and O–H groups in total. The molecule has 180 valence electrons. The number of rotatable bonds is 7. The van der Waals surface area contributed by atoms with Gasteiger partial charge in [0.25, 0.3) is 0 Å². The molecule has 0 amide bonds. The maximum atomic E-state index is 15.0. The van der Waals surface area contributed by atoms with Gasteiger partial charge >= 0.3 is 5.97 Å². The first-order valence-electron chi connectivity index (χ1n) is 11.4. The van der Waals surface area contributed by atoms with Gasteiger partial charge in [-0.3, -0.25) is 4.79 Å². The number of nitrogens with one attached hydrogen (secondary N) is 1. The number of carbonyl (C=O) groups is 1. The van der Waals surface area contributed by atoms with Crippen molar-refractivity contribution in [3.63, 3.8) is 0 Å². The topological polar surface area (TPSA) is 113 Å². The van der Waals surface area contributed by atoms with Gasteiger partial charge in [0.05, 0.1) is 5.39 Å². The van der Waals surface area contributed by atoms with E-state index < -0.39 is 17.2 Å². The standard InChI is InChI=1S/C21H25ClFN5O3.C2H6/c22-16(10-25-6-5-24)12-3-7-27(8-4-12)20-17(23)9-14-18(29)15(21(30)31)11-28(13-1-2-13)19(14)26-20;1-2/h9,11,13,25H,1-8,10,24H2,(H,30,31);1-2H3. The molecule has 1 saturated heterocycles. The van der Waals surface area contributed by atoms with E-state index >= 15 is 0 Å². The minimum Gasteiger partial charge on any atom is -0.477 e. The number of hydrogen-bond donors (Lipinski definition) is 3. The molecule has 2 aromatic rings. The van der Waals surface area contributed by atoms with Crippen LogP contribution in [0, 0.1) is 5.82 Å². The fourth-order valence-electron chi connectivity index (χ4n) is 3.93. The number of aromatic carboxylic acids is 1. The lowest BCUT2D eigenvalue weighted by molar-refractivity contribution is 0.0695. The van der Waals surface area contributed by atoms with Crippen LogP contribution in [0.2, 0.25) is 0 Å². The van der Waals surface area contributed by atoms with Crippen molar-refractivity contribution < 1.29 is 14.3 Å². The molecule has 8 nitrogen and oxygen atoms in total. The van der Waals surface area contributed by atoms with Gasteiger partial charge in [-0.05, 0) is 31.7 Å². The Hall–Kier alpha value is -2.49. The van der Waals surface area contributed by atoms with Crippen LogP contribution in [-0.2, 0) is 0 Å². The van der Waals surface area contributed by atoms with Crippen molar-refractivity contribution in [2.45, 2.75) is 45.6 Å². The summed E-state index contributed by atoms with van der Waals surface area (Å²) < 4.78 is 16.7. The van der Waals surface area contributed by atoms with Crippen molar-refractivity contribution >= 4 is 34.4 Å². The predicted octanol–water partition coefficient (Wildman–Crippen LogP) is 3.24. The fourth-order valence-corrected chi connectivity index (χ4v) is 4.21. The van der Waals surface area contributed by atoms with Crippen molar-refractivity contribution in [3.05, 3.63) is 44.5 Å². The van der Waals surface area contributed by atoms with Gasteiger partial charge in [-0.1, -0.05) is 31.0 Å². The number of piperidine rings is 1. The van der Waals surface area contributed by atoms with Crippen molar-refractivity contribution in [1.29, 1.82) is 0 Å². The first kappa shape index (κ1) is 25.1. The van der Waals surface area contributed by atoms with Crippen molar-refractivity contribution in [2.24, 2.45) is 5.73 Å². The van der Waals surface area contributed by atoms with Gasteiger partial charge < -0.3 is 25.6 Å². The smallest absolute Gasteiger partial charge is 0.341 e. The molecule has 33 heavy (non-hydrogen) atoms. The zero-order chi connectivity index (χ0) is 24.1. The third kappa shape index (κ3) is 5.54. The Morgan fingerprint density at radius 3 is 2.58 bits per heavy atom. The van der Waals surface area contributed by atoms with Crippen molar-refractivity contribution in [1.82, 2.24) is 14.9 Å². The van der Waals surface area contributed by atoms with Crippen LogP contribution < -0.4 is 21.4 Å². The second-order valence-corrected chi connectivity index (χ2v) is 8.40. The third-order valence-corrected chi connectivity index (χ3v) is 6.16. The number of nitrogens with zero attached hydrogens (tertiary/aromatic N) is 3. The van der Waals surface area contributed by atoms with E-state index in [0.29, 0.717) is 51.2 Å². The molecular formula is C23H31ClFN5O3. The molecule has 0 bridgehead atoms. The average molecular weight is 480 g/mol. The van der Waals surface area contributed by atoms with Crippen LogP contribution in [0.25, 0.3) is 11.0 Å². The molecular weight excluding hydrogens is 449 g/mol. The lowest BCUT2D eigenvalue weighted by atomic mass is 10.0. The summed E-state index contributed by atoms with van der Waals surface area (Å²) in [6.45, 7) is 6.90. The molecule has 0 aromatic carbocycles. The number of pyridine rings is 2. The van der Waals surface area contributed by atoms with Crippen LogP contribution in [0.1, 0.15) is 55.9 Å². The lowest BCUT2D eigenvalue weighted by Gasteiger charge is -2.30. The van der Waals surface area contributed by atoms with E-state index in [-0.39, 0.29) is 22.8 Å². The van der Waals surface area contributed by atoms with Crippen LogP contribution in [0.5, 0.6) is 0 Å². The molecule has 1 saturated carbocycles. The highest BCUT2D eigenvalue weighted by molar-refractivity contribution is 6.30. The fraction of sp³-hybridized carbons (Fsp3) is 0.522. The summed E-state index contributed by atoms with van der Waals surface area (Å²) in [4.78, 5) is 30.4. The van der Waals surface area contributed by atoms with Crippen LogP contribution in [0.4, 0.5) is 10.2 Å². The van der Waals surface area contributed by atoms with E-state index in [2.05, 4.69) is 10.3 Å². The van der Waals surface area contributed by atoms with Gasteiger partial charge in [-0.25, -0.2) is 14.2 Å². The normalized spacial score (nSPS) is 15.9. The second-order valence-electron chi connectivity index (χ2n) is 7.94. The molecule has 2 aromatic heterocycles. The van der Waals surface area contributed by atoms with Gasteiger partial charge in [-0.15, -0.1) is 0 Å². The van der Waals surface area contributed by atoms with E-state index in [1.54, 1.807) is 4.57 Å². The maximum Gasteiger partial charge on any atom is 0.341 e. The number of anilines is 1. The Kier molecular flexibility index (Phi) is 8.45. The lowest BCUT2D eigenvalue weighted by Crippen LogP contribution is -2.33. The highest BCUT2D eigenvalue weighted by atomic mass is 35.5. The Morgan fingerprint density at radius 2 is 2.00 bits per heavy atom. The number of carboxylic acids is 1. The van der Waals surface area contributed by atoms with E-state index in [4.69, 9.17) is 17.3 Å². The van der Waals surface area contributed by atoms with Gasteiger partial charge in [0.15, 0.2) is 11.6 Å². The highest BCUT2D eigenvalue weighted by Crippen LogP contribution is 2.37. The molecule has 3 heterocycles. The highest BCUT2D eigenvalue weighted by Gasteiger charge is 2.29. The minimum atomic E-state index is -1.32. The number of aromatic nitrogens is 2. The molecule has 0 unspecified atom stereocenters. The summed E-state index contributed by atoms with van der Waals surface area (Å²) in [6.07, 6.45) is 4.47. The molecule has 1 aliphatic carbocycles. The third-order valence-electron chi connectivity index (χ3n) is 5.76. The summed E-state index contributed by atoms with van der Waals surface area (Å²) in [7, 11) is 0. The van der Waals surface area contributed by atoms with Gasteiger partial charge in [0, 0.05) is 50.0 Å². The molecule has 2 fully saturated rings. The summed E-state index contributed by atoms with van der Waals surface area (Å²) in [6, 6.07) is 1.21. The van der Waals surface area contributed by atoms with Crippen LogP contribution in [-0.4, -0.2) is 53.4 Å². The Labute approximate surface area is 197 Å². The minimum absolute atomic E-state index is 0.000308. The van der Waals surface area contributed by atoms with Crippen molar-refractivity contribution in [3.8, 4) is 0 Å². The van der Waals surface area contributed by atoms with Crippen LogP contribution in [0.15, 0.2) is 27.7 Å². The summed E-state index contributed by atoms with van der Waals surface area (Å²) in [5, 5.41) is 13.3. The molecule has 4 rings (SSSR count). The summed E-state index contributed by atoms with van der Waals surface area (Å²) >= 11 is 6.40. The molecule has 1 aliphatic heterocycles. The number of carboxylic acid groups (broad SMARTS) is 1. The number of nitrogens with two attached hydrogens (primary N) is 1. The first-order chi connectivity index (χ1) is 15.9. The van der Waals surface area contributed by atoms with E-state index in [1.807, 2.05) is 18.7 Å². The Balaban J connectivity index is 0.00000149. The SMILES string of the molecule is CC.NCCNCC(Cl)=C1CCN(c2nc3c(cc2F)c(=O)c(C(=O)O)cn3C2CC2)CC1. The first-order valence-corrected chi connectivity index (χ1v) is 11.8. The number of fused-ring (bicyclic) bond motifs is 1. The monoisotopic (exact) mass is 479 g/mol. The maximum absolute atomic E-state index is 15.0. The Morgan fingerprint density at radius 1 is 1.33 bits per heavy atom. The largest absolute Gasteiger partial charge is 0.477 e. The van der Waals surface area contributed by atoms with Crippen LogP contribution >= 0.6 is 11.6 Å². The number of halogens is 2. The zero-order valence-corrected chi connectivity index (χ0v) is 19.8. The van der Waals surface area contributed by atoms with Gasteiger partial charge in [0.1, 0.15) is 11.2 Å². The molecule has 10 heteroatoms. The molecule has 0 radical (unpaired) electrons. The predicted molar refractivity (Wildman–Crippen MR) is 129 cm³/mol. The zero-order valence-electron chi connectivity index (χ0n) is 19.0.